The SMILES string of the molecule is Cc1cc(C(=O)NC2CCCNC2)c2cc(Br)ccc2n1. The Hall–Kier alpha value is -1.46. The van der Waals surface area contributed by atoms with Crippen LogP contribution in [0.4, 0.5) is 0 Å². The summed E-state index contributed by atoms with van der Waals surface area (Å²) >= 11 is 3.46. The van der Waals surface area contributed by atoms with Crippen LogP contribution in [0.2, 0.25) is 0 Å². The van der Waals surface area contributed by atoms with Crippen LogP contribution < -0.4 is 10.6 Å². The third-order valence-electron chi connectivity index (χ3n) is 3.78. The molecule has 0 bridgehead atoms. The Balaban J connectivity index is 1.94. The molecule has 5 heteroatoms. The second kappa shape index (κ2) is 6.12. The molecule has 0 radical (unpaired) electrons. The van der Waals surface area contributed by atoms with E-state index >= 15 is 0 Å². The first-order valence-electron chi connectivity index (χ1n) is 7.22. The van der Waals surface area contributed by atoms with Gasteiger partial charge >= 0.3 is 0 Å². The number of rotatable bonds is 2. The van der Waals surface area contributed by atoms with Crippen LogP contribution in [0.25, 0.3) is 10.9 Å². The molecule has 1 fully saturated rings. The van der Waals surface area contributed by atoms with Crippen LogP contribution in [0.5, 0.6) is 0 Å². The molecule has 2 N–H and O–H groups in total. The summed E-state index contributed by atoms with van der Waals surface area (Å²) in [6.07, 6.45) is 2.14. The van der Waals surface area contributed by atoms with Crippen molar-refractivity contribution in [3.05, 3.63) is 40.0 Å². The van der Waals surface area contributed by atoms with E-state index in [1.165, 1.54) is 0 Å². The largest absolute Gasteiger partial charge is 0.348 e. The second-order valence-electron chi connectivity index (χ2n) is 5.49. The number of piperidine rings is 1. The summed E-state index contributed by atoms with van der Waals surface area (Å²) in [5.41, 5.74) is 2.41. The summed E-state index contributed by atoms with van der Waals surface area (Å²) in [6.45, 7) is 3.80. The van der Waals surface area contributed by atoms with Gasteiger partial charge in [0.1, 0.15) is 0 Å². The molecule has 4 nitrogen and oxygen atoms in total. The summed E-state index contributed by atoms with van der Waals surface area (Å²) in [5, 5.41) is 7.33. The van der Waals surface area contributed by atoms with Gasteiger partial charge < -0.3 is 10.6 Å². The van der Waals surface area contributed by atoms with Crippen molar-refractivity contribution in [3.8, 4) is 0 Å². The van der Waals surface area contributed by atoms with Crippen molar-refractivity contribution in [2.24, 2.45) is 0 Å². The number of aryl methyl sites for hydroxylation is 1. The van der Waals surface area contributed by atoms with E-state index in [1.807, 2.05) is 31.2 Å². The van der Waals surface area contributed by atoms with Gasteiger partial charge in [0.25, 0.3) is 5.91 Å². The van der Waals surface area contributed by atoms with Crippen molar-refractivity contribution < 1.29 is 4.79 Å². The number of benzene rings is 1. The average molecular weight is 348 g/mol. The number of carbonyl (C=O) groups is 1. The zero-order valence-corrected chi connectivity index (χ0v) is 13.5. The highest BCUT2D eigenvalue weighted by Gasteiger charge is 2.18. The van der Waals surface area contributed by atoms with Gasteiger partial charge in [-0.1, -0.05) is 15.9 Å². The van der Waals surface area contributed by atoms with Crippen molar-refractivity contribution in [2.45, 2.75) is 25.8 Å². The number of amides is 1. The highest BCUT2D eigenvalue weighted by molar-refractivity contribution is 9.10. The number of hydrogen-bond acceptors (Lipinski definition) is 3. The van der Waals surface area contributed by atoms with Crippen LogP contribution in [0.15, 0.2) is 28.7 Å². The Kier molecular flexibility index (Phi) is 4.22. The maximum absolute atomic E-state index is 12.6. The lowest BCUT2D eigenvalue weighted by molar-refractivity contribution is 0.0932. The Labute approximate surface area is 132 Å². The number of nitrogens with zero attached hydrogens (tertiary/aromatic N) is 1. The summed E-state index contributed by atoms with van der Waals surface area (Å²) in [7, 11) is 0. The summed E-state index contributed by atoms with van der Waals surface area (Å²) in [5.74, 6) is -0.0164. The van der Waals surface area contributed by atoms with Crippen LogP contribution in [-0.4, -0.2) is 30.0 Å². The fourth-order valence-electron chi connectivity index (χ4n) is 2.76. The predicted molar refractivity (Wildman–Crippen MR) is 87.5 cm³/mol. The lowest BCUT2D eigenvalue weighted by Gasteiger charge is -2.24. The lowest BCUT2D eigenvalue weighted by Crippen LogP contribution is -2.45. The standard InChI is InChI=1S/C16H18BrN3O/c1-10-7-14(13-8-11(17)4-5-15(13)19-10)16(21)20-12-3-2-6-18-9-12/h4-5,7-8,12,18H,2-3,6,9H2,1H3,(H,20,21). The van der Waals surface area contributed by atoms with E-state index < -0.39 is 0 Å². The van der Waals surface area contributed by atoms with Gasteiger partial charge in [0.05, 0.1) is 11.1 Å². The molecule has 2 heterocycles. The summed E-state index contributed by atoms with van der Waals surface area (Å²) in [6, 6.07) is 7.91. The molecule has 0 saturated carbocycles. The Morgan fingerprint density at radius 2 is 2.29 bits per heavy atom. The number of carbonyl (C=O) groups excluding carboxylic acids is 1. The summed E-state index contributed by atoms with van der Waals surface area (Å²) < 4.78 is 0.953. The molecular formula is C16H18BrN3O. The maximum atomic E-state index is 12.6. The molecule has 3 rings (SSSR count). The Bertz CT molecular complexity index is 681. The first-order valence-corrected chi connectivity index (χ1v) is 8.01. The molecule has 0 spiro atoms. The van der Waals surface area contributed by atoms with Crippen molar-refractivity contribution in [1.29, 1.82) is 0 Å². The van der Waals surface area contributed by atoms with Crippen molar-refractivity contribution >= 4 is 32.7 Å². The zero-order chi connectivity index (χ0) is 14.8. The smallest absolute Gasteiger partial charge is 0.252 e. The second-order valence-corrected chi connectivity index (χ2v) is 6.41. The van der Waals surface area contributed by atoms with Crippen molar-refractivity contribution in [3.63, 3.8) is 0 Å². The minimum Gasteiger partial charge on any atom is -0.348 e. The normalized spacial score (nSPS) is 18.7. The minimum absolute atomic E-state index is 0.0164. The van der Waals surface area contributed by atoms with Gasteiger partial charge in [-0.3, -0.25) is 9.78 Å². The molecule has 1 aliphatic heterocycles. The molecule has 1 atom stereocenters. The van der Waals surface area contributed by atoms with E-state index in [2.05, 4.69) is 31.5 Å². The summed E-state index contributed by atoms with van der Waals surface area (Å²) in [4.78, 5) is 17.1. The zero-order valence-electron chi connectivity index (χ0n) is 11.9. The Morgan fingerprint density at radius 3 is 3.05 bits per heavy atom. The topological polar surface area (TPSA) is 54.0 Å². The maximum Gasteiger partial charge on any atom is 0.252 e. The van der Waals surface area contributed by atoms with Crippen molar-refractivity contribution in [2.75, 3.05) is 13.1 Å². The van der Waals surface area contributed by atoms with Crippen LogP contribution in [0, 0.1) is 6.92 Å². The molecule has 1 unspecified atom stereocenters. The molecule has 110 valence electrons. The first kappa shape index (κ1) is 14.5. The molecule has 1 saturated heterocycles. The predicted octanol–water partition coefficient (Wildman–Crippen LogP) is 2.79. The highest BCUT2D eigenvalue weighted by atomic mass is 79.9. The van der Waals surface area contributed by atoms with E-state index in [0.29, 0.717) is 5.56 Å². The van der Waals surface area contributed by atoms with E-state index in [9.17, 15) is 4.79 Å². The van der Waals surface area contributed by atoms with Crippen LogP contribution in [-0.2, 0) is 0 Å². The van der Waals surface area contributed by atoms with Gasteiger partial charge in [-0.25, -0.2) is 0 Å². The van der Waals surface area contributed by atoms with E-state index in [0.717, 1.165) is 47.0 Å². The van der Waals surface area contributed by atoms with Gasteiger partial charge in [0.2, 0.25) is 0 Å². The van der Waals surface area contributed by atoms with E-state index in [4.69, 9.17) is 0 Å². The third kappa shape index (κ3) is 3.24. The number of pyridine rings is 1. The molecule has 1 aromatic heterocycles. The highest BCUT2D eigenvalue weighted by Crippen LogP contribution is 2.23. The van der Waals surface area contributed by atoms with Gasteiger partial charge in [0.15, 0.2) is 0 Å². The van der Waals surface area contributed by atoms with E-state index in [1.54, 1.807) is 0 Å². The lowest BCUT2D eigenvalue weighted by atomic mass is 10.0. The minimum atomic E-state index is -0.0164. The fraction of sp³-hybridized carbons (Fsp3) is 0.375. The first-order chi connectivity index (χ1) is 10.1. The number of hydrogen-bond donors (Lipinski definition) is 2. The van der Waals surface area contributed by atoms with Crippen molar-refractivity contribution in [1.82, 2.24) is 15.6 Å². The van der Waals surface area contributed by atoms with Gasteiger partial charge in [0, 0.05) is 28.1 Å². The third-order valence-corrected chi connectivity index (χ3v) is 4.27. The average Bonchev–Trinajstić information content (AvgIpc) is 2.48. The van der Waals surface area contributed by atoms with Gasteiger partial charge in [-0.2, -0.15) is 0 Å². The number of halogens is 1. The van der Waals surface area contributed by atoms with Crippen LogP contribution in [0.1, 0.15) is 28.9 Å². The monoisotopic (exact) mass is 347 g/mol. The fourth-order valence-corrected chi connectivity index (χ4v) is 3.12. The molecule has 1 aliphatic rings. The molecule has 1 aromatic carbocycles. The molecular weight excluding hydrogens is 330 g/mol. The Morgan fingerprint density at radius 1 is 1.43 bits per heavy atom. The molecule has 21 heavy (non-hydrogen) atoms. The molecule has 2 aromatic rings. The quantitative estimate of drug-likeness (QED) is 0.878. The molecule has 1 amide bonds. The van der Waals surface area contributed by atoms with Crippen LogP contribution >= 0.6 is 15.9 Å². The van der Waals surface area contributed by atoms with Crippen LogP contribution in [0.3, 0.4) is 0 Å². The molecule has 0 aliphatic carbocycles. The van der Waals surface area contributed by atoms with E-state index in [-0.39, 0.29) is 11.9 Å². The number of fused-ring (bicyclic) bond motifs is 1. The number of aromatic nitrogens is 1. The van der Waals surface area contributed by atoms with Gasteiger partial charge in [-0.15, -0.1) is 0 Å². The number of nitrogens with one attached hydrogen (secondary N) is 2. The van der Waals surface area contributed by atoms with Gasteiger partial charge in [-0.05, 0) is 50.6 Å².